The van der Waals surface area contributed by atoms with Crippen molar-refractivity contribution in [3.8, 4) is 11.8 Å². The van der Waals surface area contributed by atoms with Gasteiger partial charge in [0.1, 0.15) is 0 Å². The third kappa shape index (κ3) is 2.73. The van der Waals surface area contributed by atoms with E-state index >= 15 is 0 Å². The third-order valence-electron chi connectivity index (χ3n) is 1.80. The average molecular weight is 205 g/mol. The molecular formula is C11H11NO3. The number of anilines is 1. The summed E-state index contributed by atoms with van der Waals surface area (Å²) in [5.74, 6) is 4.33. The molecule has 0 aliphatic heterocycles. The van der Waals surface area contributed by atoms with Crippen LogP contribution < -0.4 is 5.73 Å². The highest BCUT2D eigenvalue weighted by molar-refractivity contribution is 5.95. The molecule has 0 unspecified atom stereocenters. The fourth-order valence-electron chi connectivity index (χ4n) is 1.07. The van der Waals surface area contributed by atoms with Gasteiger partial charge in [-0.1, -0.05) is 17.9 Å². The van der Waals surface area contributed by atoms with Crippen LogP contribution in [-0.4, -0.2) is 22.8 Å². The number of rotatable bonds is 2. The van der Waals surface area contributed by atoms with Crippen molar-refractivity contribution in [3.63, 3.8) is 0 Å². The zero-order valence-corrected chi connectivity index (χ0v) is 8.03. The van der Waals surface area contributed by atoms with E-state index in [0.717, 1.165) is 0 Å². The van der Waals surface area contributed by atoms with E-state index in [-0.39, 0.29) is 17.9 Å². The Bertz CT molecular complexity index is 429. The van der Waals surface area contributed by atoms with Gasteiger partial charge in [0.25, 0.3) is 0 Å². The molecule has 0 saturated heterocycles. The first-order valence-corrected chi connectivity index (χ1v) is 4.38. The molecule has 1 rings (SSSR count). The second-order valence-corrected chi connectivity index (χ2v) is 2.85. The van der Waals surface area contributed by atoms with Gasteiger partial charge in [-0.3, -0.25) is 0 Å². The smallest absolute Gasteiger partial charge is 0.337 e. The summed E-state index contributed by atoms with van der Waals surface area (Å²) >= 11 is 0. The van der Waals surface area contributed by atoms with Crippen LogP contribution >= 0.6 is 0 Å². The molecule has 4 N–H and O–H groups in total. The Morgan fingerprint density at radius 3 is 2.80 bits per heavy atom. The molecule has 78 valence electrons. The monoisotopic (exact) mass is 205 g/mol. The zero-order valence-electron chi connectivity index (χ0n) is 8.03. The Morgan fingerprint density at radius 1 is 1.47 bits per heavy atom. The highest BCUT2D eigenvalue weighted by Crippen LogP contribution is 2.16. The lowest BCUT2D eigenvalue weighted by atomic mass is 10.1. The molecule has 0 aliphatic carbocycles. The molecule has 0 fully saturated rings. The summed E-state index contributed by atoms with van der Waals surface area (Å²) in [6, 6.07) is 4.66. The second-order valence-electron chi connectivity index (χ2n) is 2.85. The molecule has 4 nitrogen and oxygen atoms in total. The summed E-state index contributed by atoms with van der Waals surface area (Å²) in [5.41, 5.74) is 6.31. The fraction of sp³-hybridized carbons (Fsp3) is 0.182. The Kier molecular flexibility index (Phi) is 3.72. The predicted octanol–water partition coefficient (Wildman–Crippen LogP) is 0.701. The molecule has 0 spiro atoms. The summed E-state index contributed by atoms with van der Waals surface area (Å²) in [6.45, 7) is -0.0223. The van der Waals surface area contributed by atoms with Crippen LogP contribution in [0.3, 0.4) is 0 Å². The van der Waals surface area contributed by atoms with E-state index in [1.54, 1.807) is 12.1 Å². The first-order chi connectivity index (χ1) is 7.16. The lowest BCUT2D eigenvalue weighted by Crippen LogP contribution is -2.03. The van der Waals surface area contributed by atoms with E-state index < -0.39 is 5.97 Å². The number of hydrogen-bond acceptors (Lipinski definition) is 3. The normalized spacial score (nSPS) is 9.13. The Hall–Kier alpha value is -1.99. The number of carboxylic acids is 1. The van der Waals surface area contributed by atoms with Crippen molar-refractivity contribution < 1.29 is 15.0 Å². The van der Waals surface area contributed by atoms with Crippen LogP contribution in [0.1, 0.15) is 22.3 Å². The summed E-state index contributed by atoms with van der Waals surface area (Å²) < 4.78 is 0. The fourth-order valence-corrected chi connectivity index (χ4v) is 1.07. The van der Waals surface area contributed by atoms with Gasteiger partial charge in [0.05, 0.1) is 17.9 Å². The van der Waals surface area contributed by atoms with Gasteiger partial charge >= 0.3 is 5.97 Å². The number of nitrogens with two attached hydrogens (primary N) is 1. The van der Waals surface area contributed by atoms with Gasteiger partial charge in [-0.2, -0.15) is 0 Å². The quantitative estimate of drug-likeness (QED) is 0.490. The number of para-hydroxylation sites is 1. The van der Waals surface area contributed by atoms with Crippen molar-refractivity contribution in [2.75, 3.05) is 12.3 Å². The van der Waals surface area contributed by atoms with Crippen molar-refractivity contribution in [1.82, 2.24) is 0 Å². The van der Waals surface area contributed by atoms with Crippen molar-refractivity contribution in [2.24, 2.45) is 0 Å². The van der Waals surface area contributed by atoms with Crippen molar-refractivity contribution in [2.45, 2.75) is 6.42 Å². The van der Waals surface area contributed by atoms with E-state index in [2.05, 4.69) is 11.8 Å². The largest absolute Gasteiger partial charge is 0.478 e. The summed E-state index contributed by atoms with van der Waals surface area (Å²) in [6.07, 6.45) is 0.344. The van der Waals surface area contributed by atoms with Crippen LogP contribution in [0.4, 0.5) is 5.69 Å². The van der Waals surface area contributed by atoms with Gasteiger partial charge in [0.15, 0.2) is 0 Å². The standard InChI is InChI=1S/C11H11NO3/c12-10-8(4-1-2-7-13)5-3-6-9(10)11(14)15/h3,5-6,13H,2,7,12H2,(H,14,15). The lowest BCUT2D eigenvalue weighted by molar-refractivity contribution is 0.0698. The Labute approximate surface area is 87.3 Å². The molecule has 0 saturated carbocycles. The van der Waals surface area contributed by atoms with Gasteiger partial charge in [0, 0.05) is 12.0 Å². The van der Waals surface area contributed by atoms with Gasteiger partial charge in [0.2, 0.25) is 0 Å². The van der Waals surface area contributed by atoms with Crippen LogP contribution in [0.15, 0.2) is 18.2 Å². The minimum Gasteiger partial charge on any atom is -0.478 e. The number of aliphatic hydroxyl groups excluding tert-OH is 1. The molecule has 0 aromatic heterocycles. The maximum absolute atomic E-state index is 10.7. The number of aliphatic hydroxyl groups is 1. The molecule has 15 heavy (non-hydrogen) atoms. The van der Waals surface area contributed by atoms with Crippen molar-refractivity contribution in [1.29, 1.82) is 0 Å². The number of carbonyl (C=O) groups is 1. The number of hydrogen-bond donors (Lipinski definition) is 3. The predicted molar refractivity (Wildman–Crippen MR) is 56.4 cm³/mol. The van der Waals surface area contributed by atoms with E-state index in [4.69, 9.17) is 15.9 Å². The molecule has 0 atom stereocenters. The number of aromatic carboxylic acids is 1. The van der Waals surface area contributed by atoms with Crippen LogP contribution in [0.2, 0.25) is 0 Å². The van der Waals surface area contributed by atoms with Gasteiger partial charge in [-0.05, 0) is 12.1 Å². The molecular weight excluding hydrogens is 194 g/mol. The number of carboxylic acid groups (broad SMARTS) is 1. The minimum atomic E-state index is -1.07. The van der Waals surface area contributed by atoms with Gasteiger partial charge in [-0.25, -0.2) is 4.79 Å². The highest BCUT2D eigenvalue weighted by atomic mass is 16.4. The van der Waals surface area contributed by atoms with Gasteiger partial charge < -0.3 is 15.9 Å². The summed E-state index contributed by atoms with van der Waals surface area (Å²) in [5, 5.41) is 17.3. The maximum Gasteiger partial charge on any atom is 0.337 e. The molecule has 0 aliphatic rings. The van der Waals surface area contributed by atoms with Crippen LogP contribution in [-0.2, 0) is 0 Å². The van der Waals surface area contributed by atoms with E-state index in [9.17, 15) is 4.79 Å². The lowest BCUT2D eigenvalue weighted by Gasteiger charge is -2.01. The van der Waals surface area contributed by atoms with E-state index in [1.165, 1.54) is 6.07 Å². The molecule has 1 aromatic carbocycles. The van der Waals surface area contributed by atoms with Crippen LogP contribution in [0, 0.1) is 11.8 Å². The van der Waals surface area contributed by atoms with Crippen molar-refractivity contribution in [3.05, 3.63) is 29.3 Å². The Morgan fingerprint density at radius 2 is 2.20 bits per heavy atom. The molecule has 0 heterocycles. The first kappa shape index (κ1) is 11.1. The van der Waals surface area contributed by atoms with E-state index in [0.29, 0.717) is 12.0 Å². The molecule has 1 aromatic rings. The molecule has 0 amide bonds. The van der Waals surface area contributed by atoms with Crippen molar-refractivity contribution >= 4 is 11.7 Å². The molecule has 4 heteroatoms. The Balaban J connectivity index is 3.06. The summed E-state index contributed by atoms with van der Waals surface area (Å²) in [4.78, 5) is 10.7. The topological polar surface area (TPSA) is 83.5 Å². The second kappa shape index (κ2) is 5.03. The number of benzene rings is 1. The SMILES string of the molecule is Nc1c(C#CCCO)cccc1C(=O)O. The molecule has 0 bridgehead atoms. The first-order valence-electron chi connectivity index (χ1n) is 4.38. The minimum absolute atomic E-state index is 0.0223. The summed E-state index contributed by atoms with van der Waals surface area (Å²) in [7, 11) is 0. The number of nitrogen functional groups attached to an aromatic ring is 1. The molecule has 0 radical (unpaired) electrons. The third-order valence-corrected chi connectivity index (χ3v) is 1.80. The van der Waals surface area contributed by atoms with E-state index in [1.807, 2.05) is 0 Å². The van der Waals surface area contributed by atoms with Crippen LogP contribution in [0.25, 0.3) is 0 Å². The van der Waals surface area contributed by atoms with Crippen LogP contribution in [0.5, 0.6) is 0 Å². The zero-order chi connectivity index (χ0) is 11.3. The van der Waals surface area contributed by atoms with Gasteiger partial charge in [-0.15, -0.1) is 0 Å². The maximum atomic E-state index is 10.7. The highest BCUT2D eigenvalue weighted by Gasteiger charge is 2.08. The average Bonchev–Trinajstić information content (AvgIpc) is 2.20.